The Morgan fingerprint density at radius 2 is 2.04 bits per heavy atom. The molecule has 0 aromatic heterocycles. The Bertz CT molecular complexity index is 650. The van der Waals surface area contributed by atoms with E-state index in [-0.39, 0.29) is 11.4 Å². The van der Waals surface area contributed by atoms with E-state index in [2.05, 4.69) is 25.7 Å². The van der Waals surface area contributed by atoms with Gasteiger partial charge in [-0.1, -0.05) is 20.8 Å². The van der Waals surface area contributed by atoms with E-state index < -0.39 is 5.72 Å². The van der Waals surface area contributed by atoms with Crippen molar-refractivity contribution < 1.29 is 14.6 Å². The third-order valence-corrected chi connectivity index (χ3v) is 10.3. The number of nitrogens with zero attached hydrogens (tertiary/aromatic N) is 1. The Labute approximate surface area is 164 Å². The molecule has 27 heavy (non-hydrogen) atoms. The molecule has 2 unspecified atom stereocenters. The quantitative estimate of drug-likeness (QED) is 0.759. The Kier molecular flexibility index (Phi) is 3.90. The predicted octanol–water partition coefficient (Wildman–Crippen LogP) is 3.82. The lowest BCUT2D eigenvalue weighted by Crippen LogP contribution is -2.86. The van der Waals surface area contributed by atoms with Crippen LogP contribution in [0.15, 0.2) is 0 Å². The molecule has 4 nitrogen and oxygen atoms in total. The van der Waals surface area contributed by atoms with Gasteiger partial charge in [-0.15, -0.1) is 0 Å². The molecule has 3 aliphatic carbocycles. The summed E-state index contributed by atoms with van der Waals surface area (Å²) < 4.78 is 5.06. The number of ether oxygens (including phenoxy) is 1. The van der Waals surface area contributed by atoms with Crippen LogP contribution in [0, 0.1) is 40.4 Å². The fourth-order valence-electron chi connectivity index (χ4n) is 9.25. The molecule has 6 fully saturated rings. The molecule has 3 heterocycles. The van der Waals surface area contributed by atoms with Crippen molar-refractivity contribution in [3.8, 4) is 0 Å². The number of methoxy groups -OCH3 is 1. The first-order chi connectivity index (χ1) is 12.8. The highest BCUT2D eigenvalue weighted by molar-refractivity contribution is 5.69. The minimum atomic E-state index is -0.579. The first-order valence-corrected chi connectivity index (χ1v) is 11.4. The summed E-state index contributed by atoms with van der Waals surface area (Å²) in [7, 11) is 1.52. The van der Waals surface area contributed by atoms with Crippen molar-refractivity contribution in [3.05, 3.63) is 0 Å². The van der Waals surface area contributed by atoms with Gasteiger partial charge >= 0.3 is 5.97 Å². The number of aliphatic hydroxyl groups is 1. The maximum absolute atomic E-state index is 12.2. The molecule has 3 saturated carbocycles. The van der Waals surface area contributed by atoms with Gasteiger partial charge in [-0.2, -0.15) is 0 Å². The highest BCUT2D eigenvalue weighted by Gasteiger charge is 2.78. The van der Waals surface area contributed by atoms with E-state index in [9.17, 15) is 9.90 Å². The second-order valence-corrected chi connectivity index (χ2v) is 11.0. The van der Waals surface area contributed by atoms with Gasteiger partial charge in [0.1, 0.15) is 5.72 Å². The smallest absolute Gasteiger partial charge is 0.305 e. The fourth-order valence-corrected chi connectivity index (χ4v) is 9.25. The van der Waals surface area contributed by atoms with Crippen LogP contribution in [-0.2, 0) is 9.53 Å². The van der Waals surface area contributed by atoms with Crippen molar-refractivity contribution in [1.29, 1.82) is 0 Å². The number of rotatable bonds is 4. The van der Waals surface area contributed by atoms with Crippen molar-refractivity contribution in [2.75, 3.05) is 13.7 Å². The van der Waals surface area contributed by atoms with Crippen LogP contribution in [0.2, 0.25) is 0 Å². The zero-order valence-electron chi connectivity index (χ0n) is 17.5. The highest BCUT2D eigenvalue weighted by atomic mass is 16.5. The predicted molar refractivity (Wildman–Crippen MR) is 104 cm³/mol. The summed E-state index contributed by atoms with van der Waals surface area (Å²) in [6.45, 7) is 8.37. The van der Waals surface area contributed by atoms with Gasteiger partial charge in [-0.3, -0.25) is 9.69 Å². The summed E-state index contributed by atoms with van der Waals surface area (Å²) in [5.74, 6) is 2.86. The van der Waals surface area contributed by atoms with Crippen LogP contribution in [0.25, 0.3) is 0 Å². The number of hydrogen-bond acceptors (Lipinski definition) is 4. The van der Waals surface area contributed by atoms with Gasteiger partial charge in [0.05, 0.1) is 7.11 Å². The first-order valence-electron chi connectivity index (χ1n) is 11.4. The molecule has 1 N–H and O–H groups in total. The van der Waals surface area contributed by atoms with Crippen molar-refractivity contribution in [1.82, 2.24) is 4.90 Å². The van der Waals surface area contributed by atoms with Crippen LogP contribution >= 0.6 is 0 Å². The van der Waals surface area contributed by atoms with Gasteiger partial charge < -0.3 is 9.84 Å². The molecule has 4 heteroatoms. The molecule has 3 aliphatic heterocycles. The average molecular weight is 376 g/mol. The van der Waals surface area contributed by atoms with Crippen LogP contribution in [0.3, 0.4) is 0 Å². The number of carbonyl (C=O) groups excluding carboxylic acids is 1. The fraction of sp³-hybridized carbons (Fsp3) is 0.957. The largest absolute Gasteiger partial charge is 0.469 e. The standard InChI is InChI=1S/C23H37NO3/c1-14(2)16-7-10-21(3)15-12-18-17-6-5-9-23(18,26)24(13-15)20(16)22(17,21)11-8-19(25)27-4/h14-18,20,26H,5-13H2,1-4H3/t15-,16-,17+,18-,20?,21+,22+,23-/m1/s1. The van der Waals surface area contributed by atoms with Crippen molar-refractivity contribution >= 4 is 5.97 Å². The maximum atomic E-state index is 12.2. The van der Waals surface area contributed by atoms with E-state index in [4.69, 9.17) is 4.74 Å². The maximum Gasteiger partial charge on any atom is 0.305 e. The zero-order chi connectivity index (χ0) is 19.2. The van der Waals surface area contributed by atoms with E-state index in [0.29, 0.717) is 47.5 Å². The molecule has 3 saturated heterocycles. The molecular formula is C23H37NO3. The molecule has 9 atom stereocenters. The van der Waals surface area contributed by atoms with Gasteiger partial charge in [0, 0.05) is 24.9 Å². The van der Waals surface area contributed by atoms with Crippen LogP contribution in [0.5, 0.6) is 0 Å². The van der Waals surface area contributed by atoms with E-state index >= 15 is 0 Å². The lowest BCUT2D eigenvalue weighted by Gasteiger charge is -2.82. The lowest BCUT2D eigenvalue weighted by molar-refractivity contribution is -0.388. The van der Waals surface area contributed by atoms with Crippen molar-refractivity contribution in [3.63, 3.8) is 0 Å². The SMILES string of the molecule is COC(=O)CC[C@]12C3[C@@H](C(C)C)CC[C@@]1(C)[C@@H]1C[C@@H]4[C@@H]2CCC[C@]4(O)N3C1. The average Bonchev–Trinajstić information content (AvgIpc) is 2.62. The summed E-state index contributed by atoms with van der Waals surface area (Å²) in [4.78, 5) is 14.8. The topological polar surface area (TPSA) is 49.8 Å². The first kappa shape index (κ1) is 18.4. The van der Waals surface area contributed by atoms with Crippen molar-refractivity contribution in [2.24, 2.45) is 40.4 Å². The molecule has 0 aromatic carbocycles. The summed E-state index contributed by atoms with van der Waals surface area (Å²) in [6.07, 6.45) is 8.59. The van der Waals surface area contributed by atoms with Gasteiger partial charge in [-0.25, -0.2) is 0 Å². The number of esters is 1. The molecule has 8 bridgehead atoms. The molecule has 152 valence electrons. The van der Waals surface area contributed by atoms with Crippen molar-refractivity contribution in [2.45, 2.75) is 83.9 Å². The van der Waals surface area contributed by atoms with Crippen LogP contribution in [-0.4, -0.2) is 41.4 Å². The molecule has 0 spiro atoms. The van der Waals surface area contributed by atoms with Gasteiger partial charge in [0.2, 0.25) is 0 Å². The Morgan fingerprint density at radius 3 is 2.74 bits per heavy atom. The highest BCUT2D eigenvalue weighted by Crippen LogP contribution is 2.78. The second-order valence-electron chi connectivity index (χ2n) is 11.0. The molecule has 6 aliphatic rings. The second kappa shape index (κ2) is 5.72. The Hall–Kier alpha value is -0.610. The van der Waals surface area contributed by atoms with E-state index in [1.165, 1.54) is 32.8 Å². The van der Waals surface area contributed by atoms with Gasteiger partial charge in [0.25, 0.3) is 0 Å². The monoisotopic (exact) mass is 375 g/mol. The minimum Gasteiger partial charge on any atom is -0.469 e. The third-order valence-electron chi connectivity index (χ3n) is 10.3. The number of piperidine rings is 3. The van der Waals surface area contributed by atoms with E-state index in [1.807, 2.05) is 0 Å². The normalized spacial score (nSPS) is 55.0. The summed E-state index contributed by atoms with van der Waals surface area (Å²) in [6, 6.07) is 0.434. The summed E-state index contributed by atoms with van der Waals surface area (Å²) in [5, 5.41) is 11.9. The number of carbonyl (C=O) groups is 1. The van der Waals surface area contributed by atoms with Gasteiger partial charge in [-0.05, 0) is 79.4 Å². The third kappa shape index (κ3) is 2.00. The number of hydrogen-bond donors (Lipinski definition) is 1. The van der Waals surface area contributed by atoms with Gasteiger partial charge in [0.15, 0.2) is 0 Å². The van der Waals surface area contributed by atoms with E-state index in [1.54, 1.807) is 0 Å². The molecular weight excluding hydrogens is 338 g/mol. The van der Waals surface area contributed by atoms with Crippen LogP contribution < -0.4 is 0 Å². The van der Waals surface area contributed by atoms with E-state index in [0.717, 1.165) is 25.8 Å². The van der Waals surface area contributed by atoms with Crippen LogP contribution in [0.1, 0.15) is 72.1 Å². The summed E-state index contributed by atoms with van der Waals surface area (Å²) in [5.41, 5.74) is -0.0923. The molecule has 0 radical (unpaired) electrons. The van der Waals surface area contributed by atoms with Crippen LogP contribution in [0.4, 0.5) is 0 Å². The molecule has 0 aromatic rings. The Morgan fingerprint density at radius 1 is 1.26 bits per heavy atom. The lowest BCUT2D eigenvalue weighted by atomic mass is 9.31. The summed E-state index contributed by atoms with van der Waals surface area (Å²) >= 11 is 0. The minimum absolute atomic E-state index is 0.0606. The zero-order valence-corrected chi connectivity index (χ0v) is 17.5. The Balaban J connectivity index is 1.67. The molecule has 0 amide bonds. The molecule has 6 rings (SSSR count).